The molecule has 1 aliphatic heterocycles. The van der Waals surface area contributed by atoms with Crippen LogP contribution in [0.3, 0.4) is 0 Å². The highest BCUT2D eigenvalue weighted by Crippen LogP contribution is 2.24. The number of aryl methyl sites for hydroxylation is 2. The van der Waals surface area contributed by atoms with E-state index in [0.29, 0.717) is 37.6 Å². The first-order valence-electron chi connectivity index (χ1n) is 8.68. The predicted molar refractivity (Wildman–Crippen MR) is 98.0 cm³/mol. The van der Waals surface area contributed by atoms with Crippen LogP contribution in [-0.4, -0.2) is 60.4 Å². The van der Waals surface area contributed by atoms with E-state index in [4.69, 9.17) is 4.52 Å². The Hall–Kier alpha value is -2.30. The molecule has 0 amide bonds. The highest BCUT2D eigenvalue weighted by molar-refractivity contribution is 7.89. The Bertz CT molecular complexity index is 896. The molecule has 2 heterocycles. The molecular weight excluding hydrogens is 372 g/mol. The van der Waals surface area contributed by atoms with Gasteiger partial charge in [-0.05, 0) is 25.8 Å². The smallest absolute Gasteiger partial charge is 0.269 e. The maximum atomic E-state index is 12.8. The summed E-state index contributed by atoms with van der Waals surface area (Å²) in [5.41, 5.74) is 1.48. The number of hydrogen-bond acceptors (Lipinski definition) is 7. The van der Waals surface area contributed by atoms with Gasteiger partial charge in [-0.15, -0.1) is 0 Å². The number of piperazine rings is 1. The topological polar surface area (TPSA) is 110 Å². The lowest BCUT2D eigenvalue weighted by Gasteiger charge is -2.33. The van der Waals surface area contributed by atoms with Gasteiger partial charge in [-0.2, -0.15) is 4.31 Å². The summed E-state index contributed by atoms with van der Waals surface area (Å²) >= 11 is 0. The van der Waals surface area contributed by atoms with Crippen molar-refractivity contribution in [2.75, 3.05) is 32.7 Å². The van der Waals surface area contributed by atoms with E-state index in [0.717, 1.165) is 18.5 Å². The summed E-state index contributed by atoms with van der Waals surface area (Å²) in [5, 5.41) is 14.4. The van der Waals surface area contributed by atoms with Crippen LogP contribution >= 0.6 is 0 Å². The lowest BCUT2D eigenvalue weighted by atomic mass is 10.1. The number of aromatic nitrogens is 1. The van der Waals surface area contributed by atoms with Crippen molar-refractivity contribution in [3.63, 3.8) is 0 Å². The molecular formula is C17H22N4O5S. The summed E-state index contributed by atoms with van der Waals surface area (Å²) in [7, 11) is -3.60. The predicted octanol–water partition coefficient (Wildman–Crippen LogP) is 1.75. The number of benzene rings is 1. The first kappa shape index (κ1) is 19.5. The molecule has 0 spiro atoms. The van der Waals surface area contributed by atoms with Crippen LogP contribution in [0, 0.1) is 24.0 Å². The summed E-state index contributed by atoms with van der Waals surface area (Å²) in [4.78, 5) is 12.6. The molecule has 0 radical (unpaired) electrons. The highest BCUT2D eigenvalue weighted by atomic mass is 32.2. The van der Waals surface area contributed by atoms with Gasteiger partial charge in [0.15, 0.2) is 5.76 Å². The molecule has 2 aromatic rings. The zero-order valence-electron chi connectivity index (χ0n) is 15.3. The van der Waals surface area contributed by atoms with E-state index in [-0.39, 0.29) is 10.6 Å². The largest absolute Gasteiger partial charge is 0.360 e. The maximum Gasteiger partial charge on any atom is 0.269 e. The number of sulfonamides is 1. The van der Waals surface area contributed by atoms with Crippen LogP contribution in [0.1, 0.15) is 17.0 Å². The van der Waals surface area contributed by atoms with Gasteiger partial charge in [0.2, 0.25) is 10.0 Å². The van der Waals surface area contributed by atoms with Crippen molar-refractivity contribution in [3.8, 4) is 0 Å². The Morgan fingerprint density at radius 2 is 1.78 bits per heavy atom. The number of hydrogen-bond donors (Lipinski definition) is 0. The number of non-ortho nitro benzene ring substituents is 1. The van der Waals surface area contributed by atoms with Gasteiger partial charge in [-0.1, -0.05) is 17.3 Å². The van der Waals surface area contributed by atoms with Crippen LogP contribution in [0.5, 0.6) is 0 Å². The van der Waals surface area contributed by atoms with Crippen molar-refractivity contribution >= 4 is 15.7 Å². The Kier molecular flexibility index (Phi) is 5.59. The monoisotopic (exact) mass is 394 g/mol. The van der Waals surface area contributed by atoms with E-state index in [1.807, 2.05) is 0 Å². The molecule has 0 unspecified atom stereocenters. The molecule has 1 aliphatic rings. The van der Waals surface area contributed by atoms with Crippen LogP contribution in [0.2, 0.25) is 0 Å². The zero-order valence-corrected chi connectivity index (χ0v) is 16.1. The minimum atomic E-state index is -3.60. The maximum absolute atomic E-state index is 12.8. The van der Waals surface area contributed by atoms with Crippen LogP contribution in [-0.2, 0) is 16.4 Å². The number of rotatable bonds is 6. The van der Waals surface area contributed by atoms with Crippen molar-refractivity contribution in [1.82, 2.24) is 14.4 Å². The van der Waals surface area contributed by atoms with Crippen LogP contribution in [0.15, 0.2) is 33.7 Å². The van der Waals surface area contributed by atoms with Crippen molar-refractivity contribution in [1.29, 1.82) is 0 Å². The molecule has 1 saturated heterocycles. The van der Waals surface area contributed by atoms with Gasteiger partial charge in [0.1, 0.15) is 10.6 Å². The van der Waals surface area contributed by atoms with E-state index in [1.54, 1.807) is 26.0 Å². The van der Waals surface area contributed by atoms with Gasteiger partial charge in [0.05, 0.1) is 4.92 Å². The van der Waals surface area contributed by atoms with Gasteiger partial charge in [-0.25, -0.2) is 8.42 Å². The van der Waals surface area contributed by atoms with E-state index in [9.17, 15) is 18.5 Å². The fourth-order valence-electron chi connectivity index (χ4n) is 3.24. The molecule has 3 rings (SSSR count). The summed E-state index contributed by atoms with van der Waals surface area (Å²) in [5.74, 6) is 0.313. The Labute approximate surface area is 157 Å². The van der Waals surface area contributed by atoms with Crippen LogP contribution in [0.4, 0.5) is 5.69 Å². The Morgan fingerprint density at radius 1 is 1.15 bits per heavy atom. The lowest BCUT2D eigenvalue weighted by molar-refractivity contribution is -0.384. The van der Waals surface area contributed by atoms with E-state index < -0.39 is 14.9 Å². The van der Waals surface area contributed by atoms with Crippen LogP contribution < -0.4 is 0 Å². The fourth-order valence-corrected chi connectivity index (χ4v) is 4.95. The van der Waals surface area contributed by atoms with Crippen molar-refractivity contribution in [2.45, 2.75) is 25.2 Å². The number of nitro groups is 1. The third-order valence-electron chi connectivity index (χ3n) is 4.76. The minimum absolute atomic E-state index is 0.0805. The molecule has 0 aliphatic carbocycles. The molecule has 1 fully saturated rings. The average Bonchev–Trinajstić information content (AvgIpc) is 2.99. The Balaban J connectivity index is 1.55. The first-order chi connectivity index (χ1) is 12.8. The summed E-state index contributed by atoms with van der Waals surface area (Å²) in [6.07, 6.45) is 0.759. The molecule has 146 valence electrons. The van der Waals surface area contributed by atoms with Gasteiger partial charge in [0.25, 0.3) is 5.69 Å². The highest BCUT2D eigenvalue weighted by Gasteiger charge is 2.33. The first-order valence-corrected chi connectivity index (χ1v) is 10.1. The number of nitrogens with zero attached hydrogens (tertiary/aromatic N) is 4. The molecule has 9 nitrogen and oxygen atoms in total. The number of nitro benzene ring substituents is 1. The molecule has 1 aromatic heterocycles. The second-order valence-electron chi connectivity index (χ2n) is 6.57. The lowest BCUT2D eigenvalue weighted by Crippen LogP contribution is -2.49. The summed E-state index contributed by atoms with van der Waals surface area (Å²) < 4.78 is 32.1. The normalized spacial score (nSPS) is 16.5. The summed E-state index contributed by atoms with van der Waals surface area (Å²) in [6, 6.07) is 6.53. The molecule has 0 bridgehead atoms. The quantitative estimate of drug-likeness (QED) is 0.542. The third-order valence-corrected chi connectivity index (χ3v) is 6.90. The fraction of sp³-hybridized carbons (Fsp3) is 0.471. The minimum Gasteiger partial charge on any atom is -0.360 e. The van der Waals surface area contributed by atoms with Gasteiger partial charge < -0.3 is 9.42 Å². The molecule has 1 aromatic carbocycles. The Morgan fingerprint density at radius 3 is 2.30 bits per heavy atom. The molecule has 0 atom stereocenters. The van der Waals surface area contributed by atoms with E-state index >= 15 is 0 Å². The SMILES string of the molecule is Cc1noc(C)c1S(=O)(=O)N1CCN(CCc2ccc([N+](=O)[O-])cc2)CC1. The van der Waals surface area contributed by atoms with E-state index in [1.165, 1.54) is 16.4 Å². The van der Waals surface area contributed by atoms with Gasteiger partial charge >= 0.3 is 0 Å². The second-order valence-corrected chi connectivity index (χ2v) is 8.45. The van der Waals surface area contributed by atoms with Gasteiger partial charge in [-0.3, -0.25) is 10.1 Å². The average molecular weight is 394 g/mol. The van der Waals surface area contributed by atoms with Crippen molar-refractivity contribution in [2.24, 2.45) is 0 Å². The molecule has 27 heavy (non-hydrogen) atoms. The van der Waals surface area contributed by atoms with Crippen molar-refractivity contribution in [3.05, 3.63) is 51.4 Å². The molecule has 0 N–H and O–H groups in total. The van der Waals surface area contributed by atoms with Gasteiger partial charge in [0, 0.05) is 44.9 Å². The third kappa shape index (κ3) is 4.18. The summed E-state index contributed by atoms with van der Waals surface area (Å²) in [6.45, 7) is 6.10. The van der Waals surface area contributed by atoms with Crippen LogP contribution in [0.25, 0.3) is 0 Å². The van der Waals surface area contributed by atoms with Crippen molar-refractivity contribution < 1.29 is 17.9 Å². The standard InChI is InChI=1S/C17H22N4O5S/c1-13-17(14(2)26-18-13)27(24,25)20-11-9-19(10-12-20)8-7-15-3-5-16(6-4-15)21(22)23/h3-6H,7-12H2,1-2H3. The van der Waals surface area contributed by atoms with E-state index in [2.05, 4.69) is 10.1 Å². The second kappa shape index (κ2) is 7.75. The zero-order chi connectivity index (χ0) is 19.6. The molecule has 0 saturated carbocycles. The molecule has 10 heteroatoms.